The Morgan fingerprint density at radius 3 is 3.00 bits per heavy atom. The first-order valence-electron chi connectivity index (χ1n) is 5.56. The van der Waals surface area contributed by atoms with Gasteiger partial charge in [0.25, 0.3) is 0 Å². The smallest absolute Gasteiger partial charge is 0.158 e. The van der Waals surface area contributed by atoms with Gasteiger partial charge in [-0.2, -0.15) is 5.10 Å². The Labute approximate surface area is 93.1 Å². The minimum atomic E-state index is -0.150. The number of fused-ring (bicyclic) bond motifs is 1. The van der Waals surface area contributed by atoms with Crippen LogP contribution in [0.3, 0.4) is 0 Å². The van der Waals surface area contributed by atoms with E-state index in [2.05, 4.69) is 20.1 Å². The third-order valence-corrected chi connectivity index (χ3v) is 3.11. The number of aliphatic hydroxyl groups excluding tert-OH is 1. The minimum Gasteiger partial charge on any atom is -0.393 e. The summed E-state index contributed by atoms with van der Waals surface area (Å²) in [7, 11) is 0. The van der Waals surface area contributed by atoms with Crippen LogP contribution in [0.25, 0.3) is 10.9 Å². The predicted molar refractivity (Wildman–Crippen MR) is 61.3 cm³/mol. The molecule has 16 heavy (non-hydrogen) atoms. The zero-order valence-corrected chi connectivity index (χ0v) is 8.93. The number of nitrogens with one attached hydrogen (secondary N) is 1. The van der Waals surface area contributed by atoms with Crippen molar-refractivity contribution in [2.24, 2.45) is 0 Å². The summed E-state index contributed by atoms with van der Waals surface area (Å²) in [5, 5.41) is 17.9. The van der Waals surface area contributed by atoms with Gasteiger partial charge in [-0.15, -0.1) is 0 Å². The largest absolute Gasteiger partial charge is 0.393 e. The number of aromatic amines is 1. The molecule has 2 N–H and O–H groups in total. The third kappa shape index (κ3) is 1.53. The van der Waals surface area contributed by atoms with Gasteiger partial charge >= 0.3 is 0 Å². The fraction of sp³-hybridized carbons (Fsp3) is 0.455. The summed E-state index contributed by atoms with van der Waals surface area (Å²) in [4.78, 5) is 6.27. The summed E-state index contributed by atoms with van der Waals surface area (Å²) < 4.78 is 0. The summed E-state index contributed by atoms with van der Waals surface area (Å²) >= 11 is 0. The first kappa shape index (κ1) is 9.59. The van der Waals surface area contributed by atoms with Crippen molar-refractivity contribution in [1.82, 2.24) is 15.2 Å². The van der Waals surface area contributed by atoms with Gasteiger partial charge in [-0.05, 0) is 18.9 Å². The van der Waals surface area contributed by atoms with E-state index in [1.807, 2.05) is 6.07 Å². The maximum atomic E-state index is 9.47. The van der Waals surface area contributed by atoms with Crippen molar-refractivity contribution in [3.8, 4) is 0 Å². The highest BCUT2D eigenvalue weighted by molar-refractivity contribution is 5.89. The van der Waals surface area contributed by atoms with Crippen molar-refractivity contribution < 1.29 is 5.11 Å². The number of anilines is 1. The first-order chi connectivity index (χ1) is 7.84. The van der Waals surface area contributed by atoms with Gasteiger partial charge in [0.05, 0.1) is 17.8 Å². The monoisotopic (exact) mass is 218 g/mol. The maximum absolute atomic E-state index is 9.47. The van der Waals surface area contributed by atoms with Gasteiger partial charge in [-0.3, -0.25) is 10.1 Å². The summed E-state index contributed by atoms with van der Waals surface area (Å²) in [6.45, 7) is 1.73. The summed E-state index contributed by atoms with van der Waals surface area (Å²) in [6, 6.07) is 1.97. The van der Waals surface area contributed by atoms with Gasteiger partial charge in [-0.25, -0.2) is 0 Å². The van der Waals surface area contributed by atoms with E-state index in [4.69, 9.17) is 0 Å². The molecular weight excluding hydrogens is 204 g/mol. The molecule has 0 saturated carbocycles. The molecule has 1 aliphatic rings. The molecular formula is C11H14N4O. The van der Waals surface area contributed by atoms with E-state index in [1.165, 1.54) is 0 Å². The quantitative estimate of drug-likeness (QED) is 0.747. The van der Waals surface area contributed by atoms with E-state index in [-0.39, 0.29) is 6.10 Å². The van der Waals surface area contributed by atoms with E-state index < -0.39 is 0 Å². The number of hydrogen-bond acceptors (Lipinski definition) is 4. The van der Waals surface area contributed by atoms with Crippen LogP contribution in [0.4, 0.5) is 5.82 Å². The Kier molecular flexibility index (Phi) is 2.25. The van der Waals surface area contributed by atoms with Gasteiger partial charge < -0.3 is 10.0 Å². The molecule has 0 atom stereocenters. The molecule has 0 aliphatic carbocycles. The zero-order valence-electron chi connectivity index (χ0n) is 8.93. The molecule has 2 aromatic rings. The molecule has 0 unspecified atom stereocenters. The van der Waals surface area contributed by atoms with Gasteiger partial charge in [0.15, 0.2) is 5.82 Å². The van der Waals surface area contributed by atoms with Gasteiger partial charge in [0.1, 0.15) is 0 Å². The molecule has 3 rings (SSSR count). The number of hydrogen-bond donors (Lipinski definition) is 2. The van der Waals surface area contributed by atoms with Crippen molar-refractivity contribution in [2.75, 3.05) is 18.0 Å². The van der Waals surface area contributed by atoms with Crippen LogP contribution in [-0.2, 0) is 0 Å². The molecule has 1 saturated heterocycles. The van der Waals surface area contributed by atoms with Crippen LogP contribution in [-0.4, -0.2) is 39.5 Å². The Hall–Kier alpha value is -1.62. The standard InChI is InChI=1S/C11H14N4O/c16-8-2-5-15(6-3-8)11-9-1-4-12-7-10(9)13-14-11/h1,4,7-8,16H,2-3,5-6H2,(H,13,14). The lowest BCUT2D eigenvalue weighted by atomic mass is 10.1. The summed E-state index contributed by atoms with van der Waals surface area (Å²) in [6.07, 6.45) is 5.05. The molecule has 0 amide bonds. The van der Waals surface area contributed by atoms with Crippen LogP contribution >= 0.6 is 0 Å². The molecule has 84 valence electrons. The lowest BCUT2D eigenvalue weighted by molar-refractivity contribution is 0.145. The van der Waals surface area contributed by atoms with Crippen molar-refractivity contribution in [3.63, 3.8) is 0 Å². The Balaban J connectivity index is 1.94. The van der Waals surface area contributed by atoms with Crippen molar-refractivity contribution >= 4 is 16.7 Å². The fourth-order valence-electron chi connectivity index (χ4n) is 2.17. The lowest BCUT2D eigenvalue weighted by Crippen LogP contribution is -2.36. The highest BCUT2D eigenvalue weighted by Gasteiger charge is 2.20. The number of piperidine rings is 1. The van der Waals surface area contributed by atoms with E-state index in [1.54, 1.807) is 12.4 Å². The highest BCUT2D eigenvalue weighted by atomic mass is 16.3. The number of H-pyrrole nitrogens is 1. The molecule has 5 nitrogen and oxygen atoms in total. The SMILES string of the molecule is OC1CCN(c2n[nH]c3cnccc23)CC1. The molecule has 5 heteroatoms. The topological polar surface area (TPSA) is 65.0 Å². The van der Waals surface area contributed by atoms with Crippen molar-refractivity contribution in [2.45, 2.75) is 18.9 Å². The Morgan fingerprint density at radius 1 is 1.38 bits per heavy atom. The summed E-state index contributed by atoms with van der Waals surface area (Å²) in [5.74, 6) is 0.976. The van der Waals surface area contributed by atoms with E-state index in [9.17, 15) is 5.11 Å². The molecule has 2 aromatic heterocycles. The van der Waals surface area contributed by atoms with E-state index in [0.717, 1.165) is 42.7 Å². The Bertz CT molecular complexity index is 487. The average molecular weight is 218 g/mol. The average Bonchev–Trinajstić information content (AvgIpc) is 2.74. The zero-order chi connectivity index (χ0) is 11.0. The molecule has 1 fully saturated rings. The van der Waals surface area contributed by atoms with Crippen LogP contribution in [0.5, 0.6) is 0 Å². The number of nitrogens with zero attached hydrogens (tertiary/aromatic N) is 3. The second kappa shape index (κ2) is 3.75. The number of aromatic nitrogens is 3. The summed E-state index contributed by atoms with van der Waals surface area (Å²) in [5.41, 5.74) is 0.962. The van der Waals surface area contributed by atoms with E-state index in [0.29, 0.717) is 0 Å². The maximum Gasteiger partial charge on any atom is 0.158 e. The molecule has 0 aromatic carbocycles. The molecule has 0 bridgehead atoms. The first-order valence-corrected chi connectivity index (χ1v) is 5.56. The second-order valence-corrected chi connectivity index (χ2v) is 4.19. The highest BCUT2D eigenvalue weighted by Crippen LogP contribution is 2.25. The van der Waals surface area contributed by atoms with Crippen LogP contribution < -0.4 is 4.90 Å². The lowest BCUT2D eigenvalue weighted by Gasteiger charge is -2.29. The minimum absolute atomic E-state index is 0.150. The van der Waals surface area contributed by atoms with Crippen LogP contribution in [0.1, 0.15) is 12.8 Å². The number of aliphatic hydroxyl groups is 1. The van der Waals surface area contributed by atoms with Crippen LogP contribution in [0.15, 0.2) is 18.5 Å². The van der Waals surface area contributed by atoms with Gasteiger partial charge in [-0.1, -0.05) is 0 Å². The van der Waals surface area contributed by atoms with E-state index >= 15 is 0 Å². The molecule has 0 spiro atoms. The fourth-order valence-corrected chi connectivity index (χ4v) is 2.17. The van der Waals surface area contributed by atoms with Crippen LogP contribution in [0.2, 0.25) is 0 Å². The second-order valence-electron chi connectivity index (χ2n) is 4.19. The van der Waals surface area contributed by atoms with Crippen molar-refractivity contribution in [1.29, 1.82) is 0 Å². The molecule has 1 aliphatic heterocycles. The van der Waals surface area contributed by atoms with Crippen molar-refractivity contribution in [3.05, 3.63) is 18.5 Å². The van der Waals surface area contributed by atoms with Crippen LogP contribution in [0, 0.1) is 0 Å². The molecule has 0 radical (unpaired) electrons. The molecule has 3 heterocycles. The predicted octanol–water partition coefficient (Wildman–Crippen LogP) is 0.919. The third-order valence-electron chi connectivity index (χ3n) is 3.11. The van der Waals surface area contributed by atoms with Gasteiger partial charge in [0.2, 0.25) is 0 Å². The van der Waals surface area contributed by atoms with Gasteiger partial charge in [0, 0.05) is 24.7 Å². The Morgan fingerprint density at radius 2 is 2.19 bits per heavy atom. The number of rotatable bonds is 1. The normalized spacial score (nSPS) is 18.2. The number of pyridine rings is 1.